The van der Waals surface area contributed by atoms with Crippen molar-refractivity contribution in [2.24, 2.45) is 0 Å². The van der Waals surface area contributed by atoms with Crippen LogP contribution in [0.3, 0.4) is 0 Å². The van der Waals surface area contributed by atoms with Crippen LogP contribution in [0.5, 0.6) is 0 Å². The first kappa shape index (κ1) is 8.88. The Kier molecular flexibility index (Phi) is 3.21. The molecule has 0 unspecified atom stereocenters. The van der Waals surface area contributed by atoms with Gasteiger partial charge in [0.15, 0.2) is 0 Å². The molecule has 0 amide bonds. The Bertz CT molecular complexity index is 250. The van der Waals surface area contributed by atoms with Crippen LogP contribution in [-0.4, -0.2) is 5.45 Å². The average Bonchev–Trinajstić information content (AvgIpc) is 1.95. The highest BCUT2D eigenvalue weighted by atomic mass is 79.9. The molecule has 0 radical (unpaired) electrons. The minimum absolute atomic E-state index is 0.759. The van der Waals surface area contributed by atoms with Crippen LogP contribution in [0.25, 0.3) is 0 Å². The van der Waals surface area contributed by atoms with Crippen LogP contribution in [0.2, 0.25) is 5.02 Å². The van der Waals surface area contributed by atoms with Gasteiger partial charge in [0, 0.05) is 10.7 Å². The van der Waals surface area contributed by atoms with E-state index in [9.17, 15) is 0 Å². The number of benzene rings is 1. The molecular formula is C8H9BrClN. The SMILES string of the molecule is Cc1cc(Cl)ccc1NCBr. The van der Waals surface area contributed by atoms with Gasteiger partial charge >= 0.3 is 0 Å². The van der Waals surface area contributed by atoms with Crippen LogP contribution < -0.4 is 5.32 Å². The number of aryl methyl sites for hydroxylation is 1. The van der Waals surface area contributed by atoms with E-state index >= 15 is 0 Å². The molecule has 0 fully saturated rings. The molecule has 0 atom stereocenters. The van der Waals surface area contributed by atoms with Crippen molar-refractivity contribution >= 4 is 33.2 Å². The van der Waals surface area contributed by atoms with Crippen LogP contribution >= 0.6 is 27.5 Å². The molecule has 11 heavy (non-hydrogen) atoms. The molecule has 1 aromatic carbocycles. The Hall–Kier alpha value is -0.210. The number of nitrogens with one attached hydrogen (secondary N) is 1. The first-order valence-electron chi connectivity index (χ1n) is 3.30. The number of anilines is 1. The smallest absolute Gasteiger partial charge is 0.0707 e. The number of hydrogen-bond donors (Lipinski definition) is 1. The Labute approximate surface area is 79.9 Å². The summed E-state index contributed by atoms with van der Waals surface area (Å²) in [5.74, 6) is 0. The number of hydrogen-bond acceptors (Lipinski definition) is 1. The van der Waals surface area contributed by atoms with Gasteiger partial charge in [0.05, 0.1) is 5.45 Å². The van der Waals surface area contributed by atoms with Crippen LogP contribution in [0, 0.1) is 6.92 Å². The third kappa shape index (κ3) is 2.38. The first-order valence-corrected chi connectivity index (χ1v) is 4.80. The van der Waals surface area contributed by atoms with Crippen LogP contribution in [-0.2, 0) is 0 Å². The second kappa shape index (κ2) is 3.98. The van der Waals surface area contributed by atoms with E-state index in [0.29, 0.717) is 0 Å². The molecule has 60 valence electrons. The fraction of sp³-hybridized carbons (Fsp3) is 0.250. The van der Waals surface area contributed by atoms with E-state index < -0.39 is 0 Å². The van der Waals surface area contributed by atoms with E-state index in [1.54, 1.807) is 0 Å². The average molecular weight is 235 g/mol. The number of alkyl halides is 1. The molecule has 0 aliphatic heterocycles. The Balaban J connectivity index is 2.90. The molecule has 1 nitrogen and oxygen atoms in total. The maximum atomic E-state index is 5.78. The van der Waals surface area contributed by atoms with Gasteiger partial charge in [-0.3, -0.25) is 0 Å². The first-order chi connectivity index (χ1) is 5.24. The van der Waals surface area contributed by atoms with Crippen LogP contribution in [0.4, 0.5) is 5.69 Å². The lowest BCUT2D eigenvalue weighted by atomic mass is 10.2. The van der Waals surface area contributed by atoms with Crippen LogP contribution in [0.15, 0.2) is 18.2 Å². The molecular weight excluding hydrogens is 225 g/mol. The van der Waals surface area contributed by atoms with Gasteiger partial charge in [-0.1, -0.05) is 27.5 Å². The fourth-order valence-corrected chi connectivity index (χ4v) is 1.43. The number of rotatable bonds is 2. The summed E-state index contributed by atoms with van der Waals surface area (Å²) in [6.45, 7) is 2.02. The molecule has 0 spiro atoms. The van der Waals surface area contributed by atoms with Crippen molar-refractivity contribution in [2.75, 3.05) is 10.8 Å². The lowest BCUT2D eigenvalue weighted by molar-refractivity contribution is 1.39. The van der Waals surface area contributed by atoms with E-state index in [1.165, 1.54) is 0 Å². The van der Waals surface area contributed by atoms with E-state index in [0.717, 1.165) is 21.7 Å². The Morgan fingerprint density at radius 3 is 2.82 bits per heavy atom. The molecule has 0 aromatic heterocycles. The normalized spacial score (nSPS) is 9.73. The van der Waals surface area contributed by atoms with Crippen molar-refractivity contribution in [3.8, 4) is 0 Å². The van der Waals surface area contributed by atoms with Gasteiger partial charge in [0.25, 0.3) is 0 Å². The van der Waals surface area contributed by atoms with Crippen molar-refractivity contribution in [1.29, 1.82) is 0 Å². The van der Waals surface area contributed by atoms with Gasteiger partial charge in [0.2, 0.25) is 0 Å². The van der Waals surface area contributed by atoms with Crippen molar-refractivity contribution in [1.82, 2.24) is 0 Å². The summed E-state index contributed by atoms with van der Waals surface area (Å²) in [6.07, 6.45) is 0. The second-order valence-electron chi connectivity index (χ2n) is 2.27. The molecule has 0 saturated carbocycles. The summed E-state index contributed by atoms with van der Waals surface area (Å²) in [5, 5.41) is 3.94. The molecule has 0 aliphatic carbocycles. The largest absolute Gasteiger partial charge is 0.375 e. The van der Waals surface area contributed by atoms with Crippen LogP contribution in [0.1, 0.15) is 5.56 Å². The third-order valence-electron chi connectivity index (χ3n) is 1.45. The molecule has 1 rings (SSSR count). The van der Waals surface area contributed by atoms with E-state index in [4.69, 9.17) is 11.6 Å². The topological polar surface area (TPSA) is 12.0 Å². The molecule has 0 aliphatic rings. The minimum Gasteiger partial charge on any atom is -0.375 e. The van der Waals surface area contributed by atoms with Gasteiger partial charge in [-0.2, -0.15) is 0 Å². The zero-order valence-electron chi connectivity index (χ0n) is 6.20. The zero-order chi connectivity index (χ0) is 8.27. The van der Waals surface area contributed by atoms with Gasteiger partial charge in [0.1, 0.15) is 0 Å². The van der Waals surface area contributed by atoms with Gasteiger partial charge in [-0.25, -0.2) is 0 Å². The summed E-state index contributed by atoms with van der Waals surface area (Å²) in [7, 11) is 0. The summed E-state index contributed by atoms with van der Waals surface area (Å²) >= 11 is 9.07. The predicted octanol–water partition coefficient (Wildman–Crippen LogP) is 3.41. The van der Waals surface area contributed by atoms with Gasteiger partial charge in [-0.05, 0) is 30.7 Å². The molecule has 0 heterocycles. The highest BCUT2D eigenvalue weighted by Crippen LogP contribution is 2.19. The molecule has 1 aromatic rings. The monoisotopic (exact) mass is 233 g/mol. The second-order valence-corrected chi connectivity index (χ2v) is 3.27. The molecule has 1 N–H and O–H groups in total. The summed E-state index contributed by atoms with van der Waals surface area (Å²) in [4.78, 5) is 0. The molecule has 3 heteroatoms. The quantitative estimate of drug-likeness (QED) is 0.611. The Morgan fingerprint density at radius 1 is 1.55 bits per heavy atom. The summed E-state index contributed by atoms with van der Waals surface area (Å²) in [5.41, 5.74) is 3.04. The summed E-state index contributed by atoms with van der Waals surface area (Å²) < 4.78 is 0. The summed E-state index contributed by atoms with van der Waals surface area (Å²) in [6, 6.07) is 5.78. The fourth-order valence-electron chi connectivity index (χ4n) is 0.897. The lowest BCUT2D eigenvalue weighted by Crippen LogP contribution is -1.95. The van der Waals surface area contributed by atoms with Gasteiger partial charge in [-0.15, -0.1) is 0 Å². The maximum Gasteiger partial charge on any atom is 0.0707 e. The maximum absolute atomic E-state index is 5.78. The molecule has 0 bridgehead atoms. The van der Waals surface area contributed by atoms with E-state index in [-0.39, 0.29) is 0 Å². The third-order valence-corrected chi connectivity index (χ3v) is 1.96. The van der Waals surface area contributed by atoms with Gasteiger partial charge < -0.3 is 5.32 Å². The highest BCUT2D eigenvalue weighted by molar-refractivity contribution is 9.09. The predicted molar refractivity (Wildman–Crippen MR) is 53.6 cm³/mol. The lowest BCUT2D eigenvalue weighted by Gasteiger charge is -2.05. The Morgan fingerprint density at radius 2 is 2.27 bits per heavy atom. The zero-order valence-corrected chi connectivity index (χ0v) is 8.54. The highest BCUT2D eigenvalue weighted by Gasteiger charge is 1.95. The van der Waals surface area contributed by atoms with E-state index in [1.807, 2.05) is 25.1 Å². The minimum atomic E-state index is 0.759. The van der Waals surface area contributed by atoms with Crippen molar-refractivity contribution in [3.05, 3.63) is 28.8 Å². The number of halogens is 2. The van der Waals surface area contributed by atoms with Crippen molar-refractivity contribution in [2.45, 2.75) is 6.92 Å². The van der Waals surface area contributed by atoms with E-state index in [2.05, 4.69) is 21.2 Å². The van der Waals surface area contributed by atoms with Crippen molar-refractivity contribution < 1.29 is 0 Å². The standard InChI is InChI=1S/C8H9BrClN/c1-6-4-7(10)2-3-8(6)11-5-9/h2-4,11H,5H2,1H3. The molecule has 0 saturated heterocycles. The van der Waals surface area contributed by atoms with Crippen molar-refractivity contribution in [3.63, 3.8) is 0 Å².